The number of hydrogen-bond acceptors (Lipinski definition) is 4. The van der Waals surface area contributed by atoms with Crippen LogP contribution in [0.1, 0.15) is 18.9 Å². The second kappa shape index (κ2) is 7.47. The van der Waals surface area contributed by atoms with Gasteiger partial charge < -0.3 is 20.3 Å². The Labute approximate surface area is 149 Å². The standard InChI is InChI=1S/C20H25N3O2/c1-3-17-13-23(18-10-9-16(21)11-19(18)25-17)14-20(24)22(2)12-15-7-5-4-6-8-15/h4-11,17H,3,12-14,21H2,1-2H3. The summed E-state index contributed by atoms with van der Waals surface area (Å²) in [5.74, 6) is 0.847. The highest BCUT2D eigenvalue weighted by atomic mass is 16.5. The molecular weight excluding hydrogens is 314 g/mol. The maximum Gasteiger partial charge on any atom is 0.242 e. The SMILES string of the molecule is CCC1CN(CC(=O)N(C)Cc2ccccc2)c2ccc(N)cc2O1. The minimum atomic E-state index is 0.0709. The summed E-state index contributed by atoms with van der Waals surface area (Å²) >= 11 is 0. The minimum Gasteiger partial charge on any atom is -0.486 e. The molecule has 1 aliphatic heterocycles. The summed E-state index contributed by atoms with van der Waals surface area (Å²) in [6.07, 6.45) is 0.959. The zero-order valence-corrected chi connectivity index (χ0v) is 14.8. The van der Waals surface area contributed by atoms with Gasteiger partial charge in [0, 0.05) is 25.3 Å². The molecule has 1 unspecified atom stereocenters. The summed E-state index contributed by atoms with van der Waals surface area (Å²) in [6, 6.07) is 15.6. The molecule has 0 saturated heterocycles. The Kier molecular flexibility index (Phi) is 5.12. The molecule has 2 aromatic carbocycles. The van der Waals surface area contributed by atoms with E-state index in [4.69, 9.17) is 10.5 Å². The number of anilines is 2. The Hall–Kier alpha value is -2.69. The van der Waals surface area contributed by atoms with Crippen molar-refractivity contribution in [1.29, 1.82) is 0 Å². The van der Waals surface area contributed by atoms with Gasteiger partial charge in [-0.25, -0.2) is 0 Å². The van der Waals surface area contributed by atoms with Gasteiger partial charge in [-0.05, 0) is 24.1 Å². The highest BCUT2D eigenvalue weighted by molar-refractivity contribution is 5.82. The molecule has 1 atom stereocenters. The van der Waals surface area contributed by atoms with Crippen molar-refractivity contribution < 1.29 is 9.53 Å². The molecule has 2 aromatic rings. The Morgan fingerprint density at radius 3 is 2.76 bits per heavy atom. The van der Waals surface area contributed by atoms with Gasteiger partial charge in [-0.2, -0.15) is 0 Å². The minimum absolute atomic E-state index is 0.0709. The number of carbonyl (C=O) groups excluding carboxylic acids is 1. The third kappa shape index (κ3) is 4.05. The van der Waals surface area contributed by atoms with Gasteiger partial charge in [-0.1, -0.05) is 37.3 Å². The quantitative estimate of drug-likeness (QED) is 0.851. The van der Waals surface area contributed by atoms with Crippen LogP contribution in [0, 0.1) is 0 Å². The summed E-state index contributed by atoms with van der Waals surface area (Å²) in [7, 11) is 1.84. The summed E-state index contributed by atoms with van der Waals surface area (Å²) < 4.78 is 5.98. The Morgan fingerprint density at radius 1 is 1.28 bits per heavy atom. The third-order valence-electron chi connectivity index (χ3n) is 4.51. The van der Waals surface area contributed by atoms with Gasteiger partial charge in [-0.3, -0.25) is 4.79 Å². The lowest BCUT2D eigenvalue weighted by Crippen LogP contribution is -2.45. The van der Waals surface area contributed by atoms with Crippen LogP contribution in [-0.4, -0.2) is 37.0 Å². The summed E-state index contributed by atoms with van der Waals surface area (Å²) in [6.45, 7) is 3.73. The molecule has 5 heteroatoms. The Morgan fingerprint density at radius 2 is 2.04 bits per heavy atom. The van der Waals surface area contributed by atoms with Crippen molar-refractivity contribution >= 4 is 17.3 Å². The van der Waals surface area contributed by atoms with Crippen LogP contribution in [0.4, 0.5) is 11.4 Å². The molecule has 0 radical (unpaired) electrons. The van der Waals surface area contributed by atoms with Crippen LogP contribution >= 0.6 is 0 Å². The molecule has 25 heavy (non-hydrogen) atoms. The van der Waals surface area contributed by atoms with Crippen LogP contribution in [-0.2, 0) is 11.3 Å². The van der Waals surface area contributed by atoms with E-state index in [-0.39, 0.29) is 12.0 Å². The number of nitrogen functional groups attached to an aromatic ring is 1. The fraction of sp³-hybridized carbons (Fsp3) is 0.350. The first-order valence-electron chi connectivity index (χ1n) is 8.66. The van der Waals surface area contributed by atoms with Crippen molar-refractivity contribution in [3.05, 3.63) is 54.1 Å². The average molecular weight is 339 g/mol. The molecule has 0 aliphatic carbocycles. The van der Waals surface area contributed by atoms with Crippen molar-refractivity contribution in [1.82, 2.24) is 4.90 Å². The van der Waals surface area contributed by atoms with Crippen LogP contribution in [0.3, 0.4) is 0 Å². The number of ether oxygens (including phenoxy) is 1. The maximum atomic E-state index is 12.7. The molecule has 1 heterocycles. The molecule has 0 spiro atoms. The molecule has 3 rings (SSSR count). The molecule has 0 fully saturated rings. The first kappa shape index (κ1) is 17.1. The highest BCUT2D eigenvalue weighted by Gasteiger charge is 2.27. The van der Waals surface area contributed by atoms with Gasteiger partial charge in [0.1, 0.15) is 11.9 Å². The fourth-order valence-corrected chi connectivity index (χ4v) is 3.04. The van der Waals surface area contributed by atoms with Gasteiger partial charge in [-0.15, -0.1) is 0 Å². The van der Waals surface area contributed by atoms with Crippen LogP contribution in [0.25, 0.3) is 0 Å². The van der Waals surface area contributed by atoms with Gasteiger partial charge in [0.2, 0.25) is 5.91 Å². The Balaban J connectivity index is 1.72. The van der Waals surface area contributed by atoms with Crippen LogP contribution in [0.2, 0.25) is 0 Å². The topological polar surface area (TPSA) is 58.8 Å². The second-order valence-electron chi connectivity index (χ2n) is 6.49. The summed E-state index contributed by atoms with van der Waals surface area (Å²) in [5, 5.41) is 0. The lowest BCUT2D eigenvalue weighted by molar-refractivity contribution is -0.129. The van der Waals surface area contributed by atoms with E-state index in [1.54, 1.807) is 4.90 Å². The van der Waals surface area contributed by atoms with Crippen LogP contribution in [0.5, 0.6) is 5.75 Å². The molecule has 0 bridgehead atoms. The van der Waals surface area contributed by atoms with E-state index >= 15 is 0 Å². The van der Waals surface area contributed by atoms with E-state index in [9.17, 15) is 4.79 Å². The number of nitrogens with two attached hydrogens (primary N) is 1. The van der Waals surface area contributed by atoms with Gasteiger partial charge in [0.25, 0.3) is 0 Å². The number of nitrogens with zero attached hydrogens (tertiary/aromatic N) is 2. The van der Waals surface area contributed by atoms with Crippen molar-refractivity contribution in [2.24, 2.45) is 0 Å². The molecular formula is C20H25N3O2. The largest absolute Gasteiger partial charge is 0.486 e. The first-order valence-corrected chi connectivity index (χ1v) is 8.66. The molecule has 0 saturated carbocycles. The van der Waals surface area contributed by atoms with Gasteiger partial charge in [0.05, 0.1) is 18.8 Å². The summed E-state index contributed by atoms with van der Waals surface area (Å²) in [4.78, 5) is 16.6. The zero-order chi connectivity index (χ0) is 17.8. The van der Waals surface area contributed by atoms with Crippen molar-refractivity contribution in [2.75, 3.05) is 30.8 Å². The van der Waals surface area contributed by atoms with Crippen molar-refractivity contribution in [2.45, 2.75) is 26.0 Å². The van der Waals surface area contributed by atoms with Gasteiger partial charge >= 0.3 is 0 Å². The van der Waals surface area contributed by atoms with Gasteiger partial charge in [0.15, 0.2) is 0 Å². The molecule has 2 N–H and O–H groups in total. The normalized spacial score (nSPS) is 16.1. The first-order chi connectivity index (χ1) is 12.1. The molecule has 0 aromatic heterocycles. The molecule has 132 valence electrons. The molecule has 1 aliphatic rings. The number of benzene rings is 2. The maximum absolute atomic E-state index is 12.7. The number of hydrogen-bond donors (Lipinski definition) is 1. The third-order valence-corrected chi connectivity index (χ3v) is 4.51. The van der Waals surface area contributed by atoms with E-state index in [1.165, 1.54) is 0 Å². The monoisotopic (exact) mass is 339 g/mol. The lowest BCUT2D eigenvalue weighted by atomic mass is 10.1. The highest BCUT2D eigenvalue weighted by Crippen LogP contribution is 2.35. The van der Waals surface area contributed by atoms with E-state index in [1.807, 2.05) is 55.6 Å². The molecule has 5 nitrogen and oxygen atoms in total. The fourth-order valence-electron chi connectivity index (χ4n) is 3.04. The predicted molar refractivity (Wildman–Crippen MR) is 101 cm³/mol. The predicted octanol–water partition coefficient (Wildman–Crippen LogP) is 2.90. The number of carbonyl (C=O) groups is 1. The van der Waals surface area contributed by atoms with E-state index in [0.717, 1.165) is 23.4 Å². The molecule has 1 amide bonds. The van der Waals surface area contributed by atoms with E-state index in [2.05, 4.69) is 11.8 Å². The number of fused-ring (bicyclic) bond motifs is 1. The van der Waals surface area contributed by atoms with Crippen LogP contribution < -0.4 is 15.4 Å². The Bertz CT molecular complexity index is 733. The number of amides is 1. The van der Waals surface area contributed by atoms with Crippen molar-refractivity contribution in [3.8, 4) is 5.75 Å². The van der Waals surface area contributed by atoms with E-state index < -0.39 is 0 Å². The van der Waals surface area contributed by atoms with Crippen LogP contribution in [0.15, 0.2) is 48.5 Å². The second-order valence-corrected chi connectivity index (χ2v) is 6.49. The number of rotatable bonds is 5. The smallest absolute Gasteiger partial charge is 0.242 e. The lowest BCUT2D eigenvalue weighted by Gasteiger charge is -2.36. The summed E-state index contributed by atoms with van der Waals surface area (Å²) in [5.41, 5.74) is 8.60. The zero-order valence-electron chi connectivity index (χ0n) is 14.8. The number of likely N-dealkylation sites (N-methyl/N-ethyl adjacent to an activating group) is 1. The van der Waals surface area contributed by atoms with Crippen molar-refractivity contribution in [3.63, 3.8) is 0 Å². The average Bonchev–Trinajstić information content (AvgIpc) is 2.61. The van der Waals surface area contributed by atoms with E-state index in [0.29, 0.717) is 25.3 Å².